The Hall–Kier alpha value is -3.07. The summed E-state index contributed by atoms with van der Waals surface area (Å²) in [7, 11) is -6.59. The number of nitrogens with zero attached hydrogens (tertiary/aromatic N) is 3. The molecule has 10 nitrogen and oxygen atoms in total. The van der Waals surface area contributed by atoms with E-state index in [2.05, 4.69) is 14.7 Å². The average Bonchev–Trinajstić information content (AvgIpc) is 3.15. The molecular formula is C21H25F3N4O6S2. The van der Waals surface area contributed by atoms with Crippen LogP contribution in [0.5, 0.6) is 11.5 Å². The lowest BCUT2D eigenvalue weighted by atomic mass is 10.2. The average molecular weight is 551 g/mol. The molecule has 3 aromatic rings. The van der Waals surface area contributed by atoms with Gasteiger partial charge in [0.05, 0.1) is 35.2 Å². The molecule has 0 spiro atoms. The zero-order chi connectivity index (χ0) is 27.1. The quantitative estimate of drug-likeness (QED) is 0.445. The Kier molecular flexibility index (Phi) is 7.20. The lowest BCUT2D eigenvalue weighted by Gasteiger charge is -2.21. The number of aromatic nitrogens is 3. The molecule has 15 heteroatoms. The van der Waals surface area contributed by atoms with Crippen LogP contribution < -0.4 is 14.2 Å². The Morgan fingerprint density at radius 2 is 1.75 bits per heavy atom. The summed E-state index contributed by atoms with van der Waals surface area (Å²) < 4.78 is 101. The van der Waals surface area contributed by atoms with Crippen molar-refractivity contribution in [3.05, 3.63) is 30.6 Å². The Labute approximate surface area is 206 Å². The van der Waals surface area contributed by atoms with Gasteiger partial charge in [-0.1, -0.05) is 6.92 Å². The minimum Gasteiger partial charge on any atom is -0.495 e. The second-order valence-electron chi connectivity index (χ2n) is 8.71. The van der Waals surface area contributed by atoms with Gasteiger partial charge in [0, 0.05) is 12.3 Å². The molecule has 0 saturated heterocycles. The van der Waals surface area contributed by atoms with Gasteiger partial charge in [0.1, 0.15) is 16.3 Å². The zero-order valence-corrected chi connectivity index (χ0v) is 21.7. The van der Waals surface area contributed by atoms with E-state index in [9.17, 15) is 30.0 Å². The summed E-state index contributed by atoms with van der Waals surface area (Å²) in [6.45, 7) is 6.16. The predicted octanol–water partition coefficient (Wildman–Crippen LogP) is 4.03. The number of ether oxygens (including phenoxy) is 2. The first-order valence-corrected chi connectivity index (χ1v) is 13.7. The van der Waals surface area contributed by atoms with Gasteiger partial charge in [-0.2, -0.15) is 0 Å². The van der Waals surface area contributed by atoms with E-state index in [4.69, 9.17) is 4.74 Å². The maximum absolute atomic E-state index is 13.2. The molecule has 0 bridgehead atoms. The fraction of sp³-hybridized carbons (Fsp3) is 0.429. The van der Waals surface area contributed by atoms with E-state index in [0.29, 0.717) is 0 Å². The smallest absolute Gasteiger partial charge is 0.495 e. The van der Waals surface area contributed by atoms with Crippen molar-refractivity contribution in [3.63, 3.8) is 0 Å². The van der Waals surface area contributed by atoms with Crippen LogP contribution in [0.25, 0.3) is 17.0 Å². The van der Waals surface area contributed by atoms with Crippen LogP contribution in [0.4, 0.5) is 19.0 Å². The number of nitrogens with one attached hydrogen (secondary N) is 1. The molecule has 0 fully saturated rings. The number of rotatable bonds is 8. The highest BCUT2D eigenvalue weighted by Gasteiger charge is 2.35. The van der Waals surface area contributed by atoms with Gasteiger partial charge >= 0.3 is 6.36 Å². The number of pyridine rings is 2. The maximum Gasteiger partial charge on any atom is 0.573 e. The summed E-state index contributed by atoms with van der Waals surface area (Å²) in [4.78, 5) is 8.11. The molecule has 198 valence electrons. The van der Waals surface area contributed by atoms with E-state index < -0.39 is 42.5 Å². The van der Waals surface area contributed by atoms with E-state index in [-0.39, 0.29) is 39.9 Å². The molecule has 0 aliphatic carbocycles. The number of imidazole rings is 1. The number of fused-ring (bicyclic) bond motifs is 1. The molecule has 3 heterocycles. The number of hydrogen-bond acceptors (Lipinski definition) is 8. The number of alkyl halides is 3. The fourth-order valence-electron chi connectivity index (χ4n) is 3.20. The van der Waals surface area contributed by atoms with Gasteiger partial charge in [-0.3, -0.25) is 9.12 Å². The van der Waals surface area contributed by atoms with Crippen molar-refractivity contribution in [2.45, 2.75) is 50.1 Å². The van der Waals surface area contributed by atoms with Gasteiger partial charge < -0.3 is 9.47 Å². The summed E-state index contributed by atoms with van der Waals surface area (Å²) in [5.41, 5.74) is 0.461. The van der Waals surface area contributed by atoms with E-state index in [1.54, 1.807) is 6.92 Å². The van der Waals surface area contributed by atoms with Crippen LogP contribution in [0.15, 0.2) is 35.5 Å². The first-order valence-electron chi connectivity index (χ1n) is 10.6. The van der Waals surface area contributed by atoms with Crippen molar-refractivity contribution in [1.29, 1.82) is 0 Å². The first kappa shape index (κ1) is 27.5. The van der Waals surface area contributed by atoms with Crippen molar-refractivity contribution in [3.8, 4) is 22.9 Å². The summed E-state index contributed by atoms with van der Waals surface area (Å²) in [5, 5.41) is 0. The van der Waals surface area contributed by atoms with Crippen LogP contribution in [-0.4, -0.2) is 55.2 Å². The molecule has 0 saturated carbocycles. The summed E-state index contributed by atoms with van der Waals surface area (Å²) >= 11 is 0. The number of sulfone groups is 1. The SMILES string of the molecule is CCCS(=O)(=O)Nc1nc(-c2cnc3cc(OC)c(S(=O)(=O)C(C)(C)C)cn23)ccc1OC(F)(F)F. The van der Waals surface area contributed by atoms with Crippen molar-refractivity contribution >= 4 is 31.3 Å². The van der Waals surface area contributed by atoms with E-state index >= 15 is 0 Å². The normalized spacial score (nSPS) is 13.1. The van der Waals surface area contributed by atoms with Crippen LogP contribution >= 0.6 is 0 Å². The van der Waals surface area contributed by atoms with Gasteiger partial charge in [-0.05, 0) is 39.3 Å². The van der Waals surface area contributed by atoms with Crippen molar-refractivity contribution in [2.75, 3.05) is 17.6 Å². The molecule has 3 aromatic heterocycles. The summed E-state index contributed by atoms with van der Waals surface area (Å²) in [6, 6.07) is 3.48. The fourth-order valence-corrected chi connectivity index (χ4v) is 5.60. The Morgan fingerprint density at radius 1 is 1.08 bits per heavy atom. The predicted molar refractivity (Wildman–Crippen MR) is 126 cm³/mol. The molecule has 0 amide bonds. The maximum atomic E-state index is 13.2. The third-order valence-corrected chi connectivity index (χ3v) is 8.91. The second kappa shape index (κ2) is 9.42. The van der Waals surface area contributed by atoms with E-state index in [1.165, 1.54) is 56.8 Å². The largest absolute Gasteiger partial charge is 0.573 e. The van der Waals surface area contributed by atoms with E-state index in [1.807, 2.05) is 4.72 Å². The zero-order valence-electron chi connectivity index (χ0n) is 20.0. The third kappa shape index (κ3) is 5.67. The van der Waals surface area contributed by atoms with Crippen LogP contribution in [0, 0.1) is 0 Å². The Bertz CT molecular complexity index is 1490. The second-order valence-corrected chi connectivity index (χ2v) is 13.2. The molecule has 1 N–H and O–H groups in total. The van der Waals surface area contributed by atoms with Gasteiger partial charge in [0.15, 0.2) is 21.4 Å². The van der Waals surface area contributed by atoms with E-state index in [0.717, 1.165) is 6.07 Å². The topological polar surface area (TPSA) is 129 Å². The molecular weight excluding hydrogens is 525 g/mol. The Morgan fingerprint density at radius 3 is 2.31 bits per heavy atom. The van der Waals surface area contributed by atoms with Crippen molar-refractivity contribution < 1.29 is 39.5 Å². The molecule has 36 heavy (non-hydrogen) atoms. The molecule has 3 rings (SSSR count). The minimum absolute atomic E-state index is 0.00972. The number of methoxy groups -OCH3 is 1. The highest BCUT2D eigenvalue weighted by Crippen LogP contribution is 2.36. The van der Waals surface area contributed by atoms with Crippen LogP contribution in [0.2, 0.25) is 0 Å². The standard InChI is InChI=1S/C21H25F3N4O6S2/c1-6-9-35(29,30)27-19-15(34-21(22,23)24)8-7-13(26-19)14-11-25-18-10-16(33-5)17(12-28(14)18)36(31,32)20(2,3)4/h7-8,10-12H,6,9H2,1-5H3,(H,26,27). The molecule has 0 unspecified atom stereocenters. The lowest BCUT2D eigenvalue weighted by molar-refractivity contribution is -0.274. The van der Waals surface area contributed by atoms with Crippen LogP contribution in [0.3, 0.4) is 0 Å². The highest BCUT2D eigenvalue weighted by molar-refractivity contribution is 7.93. The first-order chi connectivity index (χ1) is 16.5. The third-order valence-electron chi connectivity index (χ3n) is 4.96. The van der Waals surface area contributed by atoms with Gasteiger partial charge in [-0.25, -0.2) is 26.8 Å². The highest BCUT2D eigenvalue weighted by atomic mass is 32.2. The number of sulfonamides is 1. The van der Waals surface area contributed by atoms with Crippen LogP contribution in [0.1, 0.15) is 34.1 Å². The monoisotopic (exact) mass is 550 g/mol. The minimum atomic E-state index is -5.09. The summed E-state index contributed by atoms with van der Waals surface area (Å²) in [6.07, 6.45) is -2.28. The van der Waals surface area contributed by atoms with Gasteiger partial charge in [0.25, 0.3) is 0 Å². The number of hydrogen-bond donors (Lipinski definition) is 1. The lowest BCUT2D eigenvalue weighted by Crippen LogP contribution is -2.28. The number of halogens is 3. The number of anilines is 1. The van der Waals surface area contributed by atoms with Gasteiger partial charge in [-0.15, -0.1) is 13.2 Å². The Balaban J connectivity index is 2.23. The van der Waals surface area contributed by atoms with Crippen LogP contribution in [-0.2, 0) is 19.9 Å². The molecule has 0 aliphatic rings. The summed E-state index contributed by atoms with van der Waals surface area (Å²) in [5.74, 6) is -1.82. The molecule has 0 radical (unpaired) electrons. The molecule has 0 aromatic carbocycles. The van der Waals surface area contributed by atoms with Gasteiger partial charge in [0.2, 0.25) is 10.0 Å². The van der Waals surface area contributed by atoms with Crippen molar-refractivity contribution in [1.82, 2.24) is 14.4 Å². The molecule has 0 aliphatic heterocycles. The molecule has 0 atom stereocenters. The van der Waals surface area contributed by atoms with Crippen molar-refractivity contribution in [2.24, 2.45) is 0 Å².